The van der Waals surface area contributed by atoms with Crippen LogP contribution in [0.3, 0.4) is 0 Å². The highest BCUT2D eigenvalue weighted by Gasteiger charge is 2.29. The monoisotopic (exact) mass is 279 g/mol. The summed E-state index contributed by atoms with van der Waals surface area (Å²) in [5.74, 6) is 0.845. The van der Waals surface area contributed by atoms with Crippen molar-refractivity contribution < 1.29 is 9.59 Å². The first kappa shape index (κ1) is 12.0. The highest BCUT2D eigenvalue weighted by atomic mass is 79.9. The van der Waals surface area contributed by atoms with Crippen molar-refractivity contribution in [3.63, 3.8) is 0 Å². The Kier molecular flexibility index (Phi) is 4.95. The normalized spacial score (nSPS) is 19.1. The summed E-state index contributed by atoms with van der Waals surface area (Å²) < 4.78 is 0. The molecule has 3 nitrogen and oxygen atoms in total. The van der Waals surface area contributed by atoms with Gasteiger partial charge in [-0.15, -0.1) is 0 Å². The van der Waals surface area contributed by atoms with E-state index < -0.39 is 0 Å². The SMILES string of the molecule is CC(CCBr)CCN1C(=O)CSC1=O. The maximum Gasteiger partial charge on any atom is 0.288 e. The lowest BCUT2D eigenvalue weighted by Crippen LogP contribution is -2.30. The van der Waals surface area contributed by atoms with Gasteiger partial charge in [-0.25, -0.2) is 0 Å². The Morgan fingerprint density at radius 2 is 2.21 bits per heavy atom. The third-order valence-corrected chi connectivity index (χ3v) is 3.60. The number of thioether (sulfide) groups is 1. The van der Waals surface area contributed by atoms with E-state index >= 15 is 0 Å². The number of hydrogen-bond donors (Lipinski definition) is 0. The lowest BCUT2D eigenvalue weighted by Gasteiger charge is -2.15. The summed E-state index contributed by atoms with van der Waals surface area (Å²) >= 11 is 4.48. The van der Waals surface area contributed by atoms with Crippen LogP contribution in [-0.2, 0) is 4.79 Å². The van der Waals surface area contributed by atoms with Gasteiger partial charge in [-0.2, -0.15) is 0 Å². The van der Waals surface area contributed by atoms with Gasteiger partial charge in [0.15, 0.2) is 0 Å². The number of imide groups is 1. The van der Waals surface area contributed by atoms with E-state index in [4.69, 9.17) is 0 Å². The zero-order valence-corrected chi connectivity index (χ0v) is 10.6. The average Bonchev–Trinajstić information content (AvgIpc) is 2.44. The predicted molar refractivity (Wildman–Crippen MR) is 61.8 cm³/mol. The van der Waals surface area contributed by atoms with Crippen LogP contribution >= 0.6 is 27.7 Å². The molecule has 0 radical (unpaired) electrons. The van der Waals surface area contributed by atoms with E-state index in [2.05, 4.69) is 22.9 Å². The van der Waals surface area contributed by atoms with Gasteiger partial charge in [0.05, 0.1) is 5.75 Å². The molecule has 0 aromatic rings. The molecule has 1 rings (SSSR count). The minimum absolute atomic E-state index is 0.0361. The Bertz CT molecular complexity index is 219. The van der Waals surface area contributed by atoms with Crippen LogP contribution in [0, 0.1) is 5.92 Å². The van der Waals surface area contributed by atoms with E-state index in [0.29, 0.717) is 18.2 Å². The molecular weight excluding hydrogens is 266 g/mol. The van der Waals surface area contributed by atoms with Crippen molar-refractivity contribution >= 4 is 38.8 Å². The molecule has 0 spiro atoms. The van der Waals surface area contributed by atoms with Crippen LogP contribution in [0.15, 0.2) is 0 Å². The van der Waals surface area contributed by atoms with Gasteiger partial charge in [-0.3, -0.25) is 14.5 Å². The summed E-state index contributed by atoms with van der Waals surface area (Å²) in [4.78, 5) is 23.8. The number of carbonyl (C=O) groups excluding carboxylic acids is 2. The molecule has 0 bridgehead atoms. The first-order chi connectivity index (χ1) is 6.65. The molecule has 1 aliphatic rings. The topological polar surface area (TPSA) is 37.4 Å². The second-order valence-electron chi connectivity index (χ2n) is 3.47. The Morgan fingerprint density at radius 3 is 2.71 bits per heavy atom. The Morgan fingerprint density at radius 1 is 1.50 bits per heavy atom. The number of hydrogen-bond acceptors (Lipinski definition) is 3. The summed E-state index contributed by atoms with van der Waals surface area (Å²) in [6.45, 7) is 2.72. The molecule has 14 heavy (non-hydrogen) atoms. The Balaban J connectivity index is 2.30. The smallest absolute Gasteiger partial charge is 0.273 e. The third-order valence-electron chi connectivity index (χ3n) is 2.29. The first-order valence-corrected chi connectivity index (χ1v) is 6.79. The number of nitrogens with zero attached hydrogens (tertiary/aromatic N) is 1. The standard InChI is InChI=1S/C9H14BrNO2S/c1-7(2-4-10)3-5-11-8(12)6-14-9(11)13/h7H,2-6H2,1H3. The summed E-state index contributed by atoms with van der Waals surface area (Å²) in [5, 5.41) is 0.895. The highest BCUT2D eigenvalue weighted by molar-refractivity contribution is 9.09. The summed E-state index contributed by atoms with van der Waals surface area (Å²) in [6, 6.07) is 0. The molecule has 80 valence electrons. The van der Waals surface area contributed by atoms with Crippen LogP contribution in [0.1, 0.15) is 19.8 Å². The average molecular weight is 280 g/mol. The maximum absolute atomic E-state index is 11.2. The Labute approximate surface area is 96.7 Å². The van der Waals surface area contributed by atoms with Crippen LogP contribution in [0.2, 0.25) is 0 Å². The van der Waals surface area contributed by atoms with Crippen molar-refractivity contribution in [2.24, 2.45) is 5.92 Å². The van der Waals surface area contributed by atoms with Crippen LogP contribution in [0.25, 0.3) is 0 Å². The van der Waals surface area contributed by atoms with Gasteiger partial charge in [0.2, 0.25) is 5.91 Å². The zero-order chi connectivity index (χ0) is 10.6. The fourth-order valence-electron chi connectivity index (χ4n) is 1.28. The molecule has 1 aliphatic heterocycles. The molecule has 0 N–H and O–H groups in total. The van der Waals surface area contributed by atoms with Crippen LogP contribution in [0.5, 0.6) is 0 Å². The van der Waals surface area contributed by atoms with E-state index in [0.717, 1.165) is 29.9 Å². The molecule has 0 aromatic heterocycles. The van der Waals surface area contributed by atoms with Gasteiger partial charge in [-0.05, 0) is 18.8 Å². The van der Waals surface area contributed by atoms with Crippen molar-refractivity contribution in [3.05, 3.63) is 0 Å². The molecule has 1 atom stereocenters. The van der Waals surface area contributed by atoms with Gasteiger partial charge in [-0.1, -0.05) is 34.6 Å². The van der Waals surface area contributed by atoms with Crippen LogP contribution in [0.4, 0.5) is 4.79 Å². The van der Waals surface area contributed by atoms with E-state index in [1.807, 2.05) is 0 Å². The molecule has 0 saturated carbocycles. The molecule has 2 amide bonds. The number of amides is 2. The van der Waals surface area contributed by atoms with Gasteiger partial charge in [0.25, 0.3) is 5.24 Å². The van der Waals surface area contributed by atoms with Crippen molar-refractivity contribution in [2.45, 2.75) is 19.8 Å². The molecule has 1 saturated heterocycles. The van der Waals surface area contributed by atoms with E-state index in [-0.39, 0.29) is 11.1 Å². The molecule has 1 unspecified atom stereocenters. The second kappa shape index (κ2) is 5.75. The Hall–Kier alpha value is -0.0300. The fourth-order valence-corrected chi connectivity index (χ4v) is 2.81. The third kappa shape index (κ3) is 3.28. The fraction of sp³-hybridized carbons (Fsp3) is 0.778. The van der Waals surface area contributed by atoms with E-state index in [1.165, 1.54) is 4.90 Å². The number of carbonyl (C=O) groups is 2. The molecule has 5 heteroatoms. The molecular formula is C9H14BrNO2S. The van der Waals surface area contributed by atoms with Gasteiger partial charge < -0.3 is 0 Å². The van der Waals surface area contributed by atoms with Crippen molar-refractivity contribution in [1.82, 2.24) is 4.90 Å². The highest BCUT2D eigenvalue weighted by Crippen LogP contribution is 2.20. The maximum atomic E-state index is 11.2. The first-order valence-electron chi connectivity index (χ1n) is 4.68. The van der Waals surface area contributed by atoms with Gasteiger partial charge in [0, 0.05) is 11.9 Å². The molecule has 1 heterocycles. The van der Waals surface area contributed by atoms with Gasteiger partial charge >= 0.3 is 0 Å². The van der Waals surface area contributed by atoms with Crippen molar-refractivity contribution in [3.8, 4) is 0 Å². The quantitative estimate of drug-likeness (QED) is 0.726. The minimum atomic E-state index is -0.0824. The van der Waals surface area contributed by atoms with Gasteiger partial charge in [0.1, 0.15) is 0 Å². The second-order valence-corrected chi connectivity index (χ2v) is 5.19. The number of alkyl halides is 1. The molecule has 0 aromatic carbocycles. The van der Waals surface area contributed by atoms with Crippen molar-refractivity contribution in [2.75, 3.05) is 17.6 Å². The summed E-state index contributed by atoms with van der Waals surface area (Å²) in [7, 11) is 0. The predicted octanol–water partition coefficient (Wildman–Crippen LogP) is 2.49. The molecule has 1 fully saturated rings. The molecule has 0 aliphatic carbocycles. The summed E-state index contributed by atoms with van der Waals surface area (Å²) in [5.41, 5.74) is 0. The van der Waals surface area contributed by atoms with E-state index in [9.17, 15) is 9.59 Å². The lowest BCUT2D eigenvalue weighted by molar-refractivity contribution is -0.124. The van der Waals surface area contributed by atoms with E-state index in [1.54, 1.807) is 0 Å². The van der Waals surface area contributed by atoms with Crippen molar-refractivity contribution in [1.29, 1.82) is 0 Å². The zero-order valence-electron chi connectivity index (χ0n) is 8.16. The minimum Gasteiger partial charge on any atom is -0.273 e. The lowest BCUT2D eigenvalue weighted by atomic mass is 10.1. The van der Waals surface area contributed by atoms with Crippen LogP contribution in [-0.4, -0.2) is 33.7 Å². The largest absolute Gasteiger partial charge is 0.288 e. The van der Waals surface area contributed by atoms with Crippen LogP contribution < -0.4 is 0 Å². The number of halogens is 1. The summed E-state index contributed by atoms with van der Waals surface area (Å²) in [6.07, 6.45) is 1.99. The number of rotatable bonds is 5.